The highest BCUT2D eigenvalue weighted by molar-refractivity contribution is 5.79. The maximum atomic E-state index is 10.9. The number of amides is 1. The molecule has 0 bridgehead atoms. The van der Waals surface area contributed by atoms with E-state index in [2.05, 4.69) is 0 Å². The number of nitrogens with two attached hydrogens (primary N) is 1. The molecular weight excluding hydrogens is 234 g/mol. The quantitative estimate of drug-likeness (QED) is 0.243. The molecule has 92 valence electrons. The van der Waals surface area contributed by atoms with Gasteiger partial charge in [-0.3, -0.25) is 14.9 Å². The van der Waals surface area contributed by atoms with Gasteiger partial charge in [0.2, 0.25) is 5.91 Å². The first kappa shape index (κ1) is 12.8. The van der Waals surface area contributed by atoms with Gasteiger partial charge in [-0.25, -0.2) is 0 Å². The standard InChI is InChI=1S/C8H9N3O6/c9-8(14)7(13)6(12)4-3-10(15)2-1-5(4)11(16)17/h1-3,6-7,12-13H,(H2,9,14). The van der Waals surface area contributed by atoms with Crippen LogP contribution in [0.25, 0.3) is 0 Å². The van der Waals surface area contributed by atoms with Gasteiger partial charge in [0.25, 0.3) is 5.69 Å². The van der Waals surface area contributed by atoms with Gasteiger partial charge < -0.3 is 21.2 Å². The van der Waals surface area contributed by atoms with Crippen molar-refractivity contribution in [1.82, 2.24) is 0 Å². The maximum absolute atomic E-state index is 10.9. The minimum Gasteiger partial charge on any atom is -0.619 e. The van der Waals surface area contributed by atoms with E-state index < -0.39 is 34.3 Å². The molecule has 9 heteroatoms. The van der Waals surface area contributed by atoms with E-state index in [9.17, 15) is 30.3 Å². The van der Waals surface area contributed by atoms with E-state index in [-0.39, 0.29) is 4.73 Å². The summed E-state index contributed by atoms with van der Waals surface area (Å²) < 4.78 is 0.194. The molecule has 1 heterocycles. The summed E-state index contributed by atoms with van der Waals surface area (Å²) >= 11 is 0. The normalized spacial score (nSPS) is 14.0. The second kappa shape index (κ2) is 4.72. The van der Waals surface area contributed by atoms with Crippen molar-refractivity contribution < 1.29 is 24.7 Å². The molecule has 0 aliphatic heterocycles. The highest BCUT2D eigenvalue weighted by atomic mass is 16.6. The van der Waals surface area contributed by atoms with Gasteiger partial charge in [0, 0.05) is 0 Å². The third-order valence-corrected chi connectivity index (χ3v) is 2.05. The van der Waals surface area contributed by atoms with Crippen molar-refractivity contribution in [3.8, 4) is 0 Å². The lowest BCUT2D eigenvalue weighted by Crippen LogP contribution is -2.35. The maximum Gasteiger partial charge on any atom is 0.287 e. The van der Waals surface area contributed by atoms with Gasteiger partial charge in [0.05, 0.1) is 11.0 Å². The molecule has 2 atom stereocenters. The minimum absolute atomic E-state index is 0.194. The highest BCUT2D eigenvalue weighted by Gasteiger charge is 2.31. The first-order valence-electron chi connectivity index (χ1n) is 4.37. The molecule has 0 radical (unpaired) electrons. The monoisotopic (exact) mass is 243 g/mol. The Hall–Kier alpha value is -2.26. The zero-order chi connectivity index (χ0) is 13.2. The summed E-state index contributed by atoms with van der Waals surface area (Å²) in [5, 5.41) is 40.3. The summed E-state index contributed by atoms with van der Waals surface area (Å²) in [6.07, 6.45) is -2.43. The van der Waals surface area contributed by atoms with E-state index in [1.807, 2.05) is 0 Å². The first-order valence-corrected chi connectivity index (χ1v) is 4.37. The fraction of sp³-hybridized carbons (Fsp3) is 0.250. The predicted octanol–water partition coefficient (Wildman–Crippen LogP) is -1.89. The lowest BCUT2D eigenvalue weighted by molar-refractivity contribution is -0.606. The lowest BCUT2D eigenvalue weighted by Gasteiger charge is -2.14. The Labute approximate surface area is 94.4 Å². The zero-order valence-electron chi connectivity index (χ0n) is 8.39. The molecule has 1 aromatic rings. The molecule has 0 saturated carbocycles. The van der Waals surface area contributed by atoms with Crippen molar-refractivity contribution in [2.45, 2.75) is 12.2 Å². The number of hydrogen-bond acceptors (Lipinski definition) is 6. The summed E-state index contributed by atoms with van der Waals surface area (Å²) in [4.78, 5) is 20.4. The number of aromatic nitrogens is 1. The second-order valence-corrected chi connectivity index (χ2v) is 3.19. The highest BCUT2D eigenvalue weighted by Crippen LogP contribution is 2.25. The van der Waals surface area contributed by atoms with E-state index in [4.69, 9.17) is 5.73 Å². The van der Waals surface area contributed by atoms with Crippen LogP contribution in [0, 0.1) is 15.3 Å². The number of carbonyl (C=O) groups excluding carboxylic acids is 1. The molecule has 1 amide bonds. The molecule has 0 aromatic carbocycles. The Morgan fingerprint density at radius 3 is 2.59 bits per heavy atom. The average molecular weight is 243 g/mol. The Morgan fingerprint density at radius 1 is 1.53 bits per heavy atom. The molecule has 1 rings (SSSR count). The molecule has 0 fully saturated rings. The third kappa shape index (κ3) is 2.65. The third-order valence-electron chi connectivity index (χ3n) is 2.05. The summed E-state index contributed by atoms with van der Waals surface area (Å²) in [6.45, 7) is 0. The topological polar surface area (TPSA) is 154 Å². The Bertz CT molecular complexity index is 463. The zero-order valence-corrected chi connectivity index (χ0v) is 8.39. The smallest absolute Gasteiger partial charge is 0.287 e. The van der Waals surface area contributed by atoms with E-state index in [1.54, 1.807) is 0 Å². The molecule has 9 nitrogen and oxygen atoms in total. The average Bonchev–Trinajstić information content (AvgIpc) is 2.26. The number of rotatable bonds is 4. The second-order valence-electron chi connectivity index (χ2n) is 3.19. The number of aliphatic hydroxyl groups excluding tert-OH is 2. The van der Waals surface area contributed by atoms with Crippen molar-refractivity contribution in [2.24, 2.45) is 5.73 Å². The van der Waals surface area contributed by atoms with Crippen molar-refractivity contribution in [3.05, 3.63) is 39.3 Å². The van der Waals surface area contributed by atoms with Crippen molar-refractivity contribution in [1.29, 1.82) is 0 Å². The van der Waals surface area contributed by atoms with Crippen LogP contribution in [-0.4, -0.2) is 27.1 Å². The van der Waals surface area contributed by atoms with E-state index in [0.29, 0.717) is 6.20 Å². The van der Waals surface area contributed by atoms with Crippen LogP contribution in [0.15, 0.2) is 18.5 Å². The summed E-state index contributed by atoms with van der Waals surface area (Å²) in [5.74, 6) is -1.26. The number of pyridine rings is 1. The van der Waals surface area contributed by atoms with E-state index in [0.717, 1.165) is 12.3 Å². The predicted molar refractivity (Wildman–Crippen MR) is 52.2 cm³/mol. The fourth-order valence-electron chi connectivity index (χ4n) is 1.21. The Balaban J connectivity index is 3.23. The number of nitrogens with zero attached hydrogens (tertiary/aromatic N) is 2. The number of primary amides is 1. The molecular formula is C8H9N3O6. The molecule has 1 aromatic heterocycles. The Morgan fingerprint density at radius 2 is 2.12 bits per heavy atom. The van der Waals surface area contributed by atoms with Gasteiger partial charge in [0.15, 0.2) is 18.5 Å². The van der Waals surface area contributed by atoms with Crippen molar-refractivity contribution in [3.63, 3.8) is 0 Å². The number of carbonyl (C=O) groups is 1. The number of aliphatic hydroxyl groups is 2. The SMILES string of the molecule is NC(=O)C(O)C(O)c1c[n+]([O-])ccc1[N+](=O)[O-]. The van der Waals surface area contributed by atoms with Crippen LogP contribution < -0.4 is 10.5 Å². The van der Waals surface area contributed by atoms with Gasteiger partial charge >= 0.3 is 0 Å². The summed E-state index contributed by atoms with van der Waals surface area (Å²) in [5.41, 5.74) is 3.65. The van der Waals surface area contributed by atoms with Crippen LogP contribution in [0.3, 0.4) is 0 Å². The van der Waals surface area contributed by atoms with Crippen LogP contribution in [0.1, 0.15) is 11.7 Å². The minimum atomic E-state index is -2.03. The largest absolute Gasteiger partial charge is 0.619 e. The van der Waals surface area contributed by atoms with Crippen LogP contribution in [0.4, 0.5) is 5.69 Å². The number of hydrogen-bond donors (Lipinski definition) is 3. The van der Waals surface area contributed by atoms with Gasteiger partial charge in [-0.1, -0.05) is 0 Å². The van der Waals surface area contributed by atoms with Gasteiger partial charge in [-0.2, -0.15) is 4.73 Å². The lowest BCUT2D eigenvalue weighted by atomic mass is 10.0. The van der Waals surface area contributed by atoms with Crippen LogP contribution >= 0.6 is 0 Å². The molecule has 0 saturated heterocycles. The molecule has 4 N–H and O–H groups in total. The van der Waals surface area contributed by atoms with E-state index in [1.165, 1.54) is 0 Å². The van der Waals surface area contributed by atoms with Crippen molar-refractivity contribution >= 4 is 11.6 Å². The summed E-state index contributed by atoms with van der Waals surface area (Å²) in [7, 11) is 0. The number of nitro groups is 1. The van der Waals surface area contributed by atoms with E-state index >= 15 is 0 Å². The van der Waals surface area contributed by atoms with Gasteiger partial charge in [0.1, 0.15) is 11.7 Å². The van der Waals surface area contributed by atoms with Gasteiger partial charge in [-0.15, -0.1) is 0 Å². The molecule has 17 heavy (non-hydrogen) atoms. The Kier molecular flexibility index (Phi) is 3.55. The van der Waals surface area contributed by atoms with Crippen LogP contribution in [0.2, 0.25) is 0 Å². The molecule has 2 unspecified atom stereocenters. The molecule has 0 spiro atoms. The molecule has 0 aliphatic rings. The van der Waals surface area contributed by atoms with Crippen molar-refractivity contribution in [2.75, 3.05) is 0 Å². The molecule has 0 aliphatic carbocycles. The first-order chi connectivity index (χ1) is 7.84. The summed E-state index contributed by atoms with van der Waals surface area (Å²) in [6, 6.07) is 0.846. The fourth-order valence-corrected chi connectivity index (χ4v) is 1.21. The van der Waals surface area contributed by atoms with Gasteiger partial charge in [-0.05, 0) is 0 Å². The van der Waals surface area contributed by atoms with Crippen LogP contribution in [0.5, 0.6) is 0 Å². The van der Waals surface area contributed by atoms with Crippen LogP contribution in [-0.2, 0) is 4.79 Å².